The van der Waals surface area contributed by atoms with Crippen LogP contribution >= 0.6 is 0 Å². The van der Waals surface area contributed by atoms with Gasteiger partial charge in [-0.05, 0) is 31.2 Å². The minimum Gasteiger partial charge on any atom is -0.496 e. The number of hydrogen-bond acceptors (Lipinski definition) is 6. The van der Waals surface area contributed by atoms with Gasteiger partial charge in [0.05, 0.1) is 12.7 Å². The lowest BCUT2D eigenvalue weighted by molar-refractivity contribution is 0.0948. The maximum absolute atomic E-state index is 12.3. The molecule has 0 saturated carbocycles. The minimum absolute atomic E-state index is 0.0894. The summed E-state index contributed by atoms with van der Waals surface area (Å²) in [7, 11) is 1.58. The summed E-state index contributed by atoms with van der Waals surface area (Å²) < 4.78 is 5.23. The number of piperazine rings is 1. The molecule has 2 heterocycles. The number of benzene rings is 1. The number of carbonyl (C=O) groups excluding carboxylic acids is 1. The van der Waals surface area contributed by atoms with Crippen LogP contribution < -0.4 is 15.0 Å². The number of amides is 1. The van der Waals surface area contributed by atoms with Crippen molar-refractivity contribution in [3.05, 3.63) is 48.3 Å². The van der Waals surface area contributed by atoms with Gasteiger partial charge < -0.3 is 15.0 Å². The van der Waals surface area contributed by atoms with Gasteiger partial charge in [0.15, 0.2) is 0 Å². The van der Waals surface area contributed by atoms with Gasteiger partial charge in [0.25, 0.3) is 5.91 Å². The van der Waals surface area contributed by atoms with Gasteiger partial charge in [0, 0.05) is 45.1 Å². The zero-order valence-electron chi connectivity index (χ0n) is 15.1. The normalized spacial score (nSPS) is 14.9. The molecule has 1 aliphatic heterocycles. The fourth-order valence-electron chi connectivity index (χ4n) is 3.06. The highest BCUT2D eigenvalue weighted by Gasteiger charge is 2.18. The molecule has 1 aromatic heterocycles. The second-order valence-electron chi connectivity index (χ2n) is 6.19. The lowest BCUT2D eigenvalue weighted by Gasteiger charge is -2.34. The predicted molar refractivity (Wildman–Crippen MR) is 101 cm³/mol. The molecule has 0 radical (unpaired) electrons. The van der Waals surface area contributed by atoms with Crippen LogP contribution in [-0.2, 0) is 0 Å². The van der Waals surface area contributed by atoms with Gasteiger partial charge in [-0.1, -0.05) is 12.1 Å². The van der Waals surface area contributed by atoms with Crippen molar-refractivity contribution in [1.82, 2.24) is 20.2 Å². The molecule has 1 aromatic carbocycles. The molecule has 0 aliphatic carbocycles. The third kappa shape index (κ3) is 4.70. The third-order valence-electron chi connectivity index (χ3n) is 4.50. The molecular weight excluding hydrogens is 330 g/mol. The van der Waals surface area contributed by atoms with Crippen LogP contribution in [0.25, 0.3) is 0 Å². The summed E-state index contributed by atoms with van der Waals surface area (Å²) in [5.74, 6) is 1.31. The van der Waals surface area contributed by atoms with E-state index < -0.39 is 0 Å². The maximum Gasteiger partial charge on any atom is 0.255 e. The van der Waals surface area contributed by atoms with Gasteiger partial charge in [-0.25, -0.2) is 9.97 Å². The molecule has 7 heteroatoms. The largest absolute Gasteiger partial charge is 0.496 e. The lowest BCUT2D eigenvalue weighted by Crippen LogP contribution is -2.47. The van der Waals surface area contributed by atoms with Crippen molar-refractivity contribution in [3.8, 4) is 5.75 Å². The fraction of sp³-hybridized carbons (Fsp3) is 0.421. The van der Waals surface area contributed by atoms with Crippen molar-refractivity contribution >= 4 is 11.9 Å². The molecule has 1 saturated heterocycles. The number of aromatic nitrogens is 2. The first-order valence-electron chi connectivity index (χ1n) is 8.93. The lowest BCUT2D eigenvalue weighted by atomic mass is 10.2. The molecule has 0 bridgehead atoms. The molecule has 7 nitrogen and oxygen atoms in total. The molecule has 0 spiro atoms. The Balaban J connectivity index is 1.36. The second-order valence-corrected chi connectivity index (χ2v) is 6.19. The monoisotopic (exact) mass is 355 g/mol. The van der Waals surface area contributed by atoms with Crippen molar-refractivity contribution in [1.29, 1.82) is 0 Å². The van der Waals surface area contributed by atoms with Crippen LogP contribution in [-0.4, -0.2) is 67.2 Å². The Labute approximate surface area is 154 Å². The van der Waals surface area contributed by atoms with Crippen LogP contribution in [0.3, 0.4) is 0 Å². The van der Waals surface area contributed by atoms with Crippen LogP contribution in [0, 0.1) is 0 Å². The minimum atomic E-state index is -0.0894. The summed E-state index contributed by atoms with van der Waals surface area (Å²) in [6, 6.07) is 9.10. The molecule has 26 heavy (non-hydrogen) atoms. The SMILES string of the molecule is COc1ccccc1C(=O)NCCCN1CCN(c2ncccn2)CC1. The number of carbonyl (C=O) groups is 1. The summed E-state index contributed by atoms with van der Waals surface area (Å²) in [5.41, 5.74) is 0.575. The van der Waals surface area contributed by atoms with Crippen LogP contribution in [0.4, 0.5) is 5.95 Å². The quantitative estimate of drug-likeness (QED) is 0.758. The van der Waals surface area contributed by atoms with Crippen molar-refractivity contribution in [2.24, 2.45) is 0 Å². The molecular formula is C19H25N5O2. The number of ether oxygens (including phenoxy) is 1. The fourth-order valence-corrected chi connectivity index (χ4v) is 3.06. The first-order chi connectivity index (χ1) is 12.8. The zero-order chi connectivity index (χ0) is 18.2. The van der Waals surface area contributed by atoms with E-state index in [4.69, 9.17) is 4.74 Å². The number of hydrogen-bond donors (Lipinski definition) is 1. The van der Waals surface area contributed by atoms with Gasteiger partial charge in [-0.15, -0.1) is 0 Å². The smallest absolute Gasteiger partial charge is 0.255 e. The Hall–Kier alpha value is -2.67. The van der Waals surface area contributed by atoms with Crippen LogP contribution in [0.1, 0.15) is 16.8 Å². The zero-order valence-corrected chi connectivity index (χ0v) is 15.1. The Morgan fingerprint density at radius 3 is 2.58 bits per heavy atom. The Morgan fingerprint density at radius 2 is 1.85 bits per heavy atom. The van der Waals surface area contributed by atoms with E-state index in [-0.39, 0.29) is 5.91 Å². The van der Waals surface area contributed by atoms with Crippen molar-refractivity contribution in [3.63, 3.8) is 0 Å². The van der Waals surface area contributed by atoms with E-state index in [0.29, 0.717) is 17.9 Å². The molecule has 1 aliphatic rings. The molecule has 3 rings (SSSR count). The highest BCUT2D eigenvalue weighted by atomic mass is 16.5. The van der Waals surface area contributed by atoms with Gasteiger partial charge >= 0.3 is 0 Å². The summed E-state index contributed by atoms with van der Waals surface area (Å²) >= 11 is 0. The average molecular weight is 355 g/mol. The highest BCUT2D eigenvalue weighted by Crippen LogP contribution is 2.16. The number of rotatable bonds is 7. The van der Waals surface area contributed by atoms with E-state index in [0.717, 1.165) is 45.1 Å². The van der Waals surface area contributed by atoms with Crippen molar-refractivity contribution < 1.29 is 9.53 Å². The molecule has 1 N–H and O–H groups in total. The van der Waals surface area contributed by atoms with E-state index in [1.807, 2.05) is 18.2 Å². The second kappa shape index (κ2) is 9.15. The molecule has 0 unspecified atom stereocenters. The first-order valence-corrected chi connectivity index (χ1v) is 8.93. The summed E-state index contributed by atoms with van der Waals surface area (Å²) in [6.07, 6.45) is 4.47. The Kier molecular flexibility index (Phi) is 6.38. The van der Waals surface area contributed by atoms with Gasteiger partial charge in [0.1, 0.15) is 5.75 Å². The molecule has 2 aromatic rings. The van der Waals surface area contributed by atoms with Gasteiger partial charge in [0.2, 0.25) is 5.95 Å². The van der Waals surface area contributed by atoms with Crippen LogP contribution in [0.2, 0.25) is 0 Å². The molecule has 1 amide bonds. The number of methoxy groups -OCH3 is 1. The maximum atomic E-state index is 12.3. The number of nitrogens with zero attached hydrogens (tertiary/aromatic N) is 4. The molecule has 138 valence electrons. The van der Waals surface area contributed by atoms with Crippen molar-refractivity contribution in [2.75, 3.05) is 51.3 Å². The number of para-hydroxylation sites is 1. The average Bonchev–Trinajstić information content (AvgIpc) is 2.72. The predicted octanol–water partition coefficient (Wildman–Crippen LogP) is 1.43. The standard InChI is InChI=1S/C19H25N5O2/c1-26-17-7-3-2-6-16(17)18(25)20-10-5-11-23-12-14-24(15-13-23)19-21-8-4-9-22-19/h2-4,6-9H,5,10-15H2,1H3,(H,20,25). The first kappa shape index (κ1) is 18.1. The van der Waals surface area contributed by atoms with E-state index >= 15 is 0 Å². The molecule has 0 atom stereocenters. The number of anilines is 1. The third-order valence-corrected chi connectivity index (χ3v) is 4.50. The van der Waals surface area contributed by atoms with E-state index in [9.17, 15) is 4.79 Å². The van der Waals surface area contributed by atoms with E-state index in [1.54, 1.807) is 31.6 Å². The van der Waals surface area contributed by atoms with Crippen LogP contribution in [0.5, 0.6) is 5.75 Å². The van der Waals surface area contributed by atoms with Gasteiger partial charge in [-0.2, -0.15) is 0 Å². The Bertz CT molecular complexity index is 702. The molecule has 1 fully saturated rings. The number of nitrogens with one attached hydrogen (secondary N) is 1. The van der Waals surface area contributed by atoms with Gasteiger partial charge in [-0.3, -0.25) is 9.69 Å². The van der Waals surface area contributed by atoms with Crippen molar-refractivity contribution in [2.45, 2.75) is 6.42 Å². The Morgan fingerprint density at radius 1 is 1.12 bits per heavy atom. The summed E-state index contributed by atoms with van der Waals surface area (Å²) in [4.78, 5) is 25.5. The summed E-state index contributed by atoms with van der Waals surface area (Å²) in [6.45, 7) is 5.45. The van der Waals surface area contributed by atoms with E-state index in [2.05, 4.69) is 25.1 Å². The topological polar surface area (TPSA) is 70.6 Å². The van der Waals surface area contributed by atoms with Crippen LogP contribution in [0.15, 0.2) is 42.7 Å². The highest BCUT2D eigenvalue weighted by molar-refractivity contribution is 5.96. The summed E-state index contributed by atoms with van der Waals surface area (Å²) in [5, 5.41) is 2.97. The van der Waals surface area contributed by atoms with E-state index in [1.165, 1.54) is 0 Å².